The second kappa shape index (κ2) is 2.74. The SMILES string of the molecule is C=C(C)Cn1c(C)noc1=O. The van der Waals surface area contributed by atoms with Crippen molar-refractivity contribution in [2.75, 3.05) is 0 Å². The molecule has 60 valence electrons. The highest BCUT2D eigenvalue weighted by Crippen LogP contribution is 1.95. The fourth-order valence-corrected chi connectivity index (χ4v) is 0.785. The minimum absolute atomic E-state index is 0.425. The summed E-state index contributed by atoms with van der Waals surface area (Å²) in [6, 6.07) is 0. The Morgan fingerprint density at radius 2 is 2.45 bits per heavy atom. The molecule has 0 fully saturated rings. The summed E-state index contributed by atoms with van der Waals surface area (Å²) >= 11 is 0. The largest absolute Gasteiger partial charge is 0.441 e. The van der Waals surface area contributed by atoms with E-state index in [9.17, 15) is 4.79 Å². The Hall–Kier alpha value is -1.32. The quantitative estimate of drug-likeness (QED) is 0.590. The van der Waals surface area contributed by atoms with E-state index < -0.39 is 5.76 Å². The van der Waals surface area contributed by atoms with Gasteiger partial charge in [0.25, 0.3) is 0 Å². The maximum Gasteiger partial charge on any atom is 0.441 e. The molecule has 0 amide bonds. The molecule has 4 nitrogen and oxygen atoms in total. The Kier molecular flexibility index (Phi) is 1.94. The predicted molar refractivity (Wildman–Crippen MR) is 40.3 cm³/mol. The number of hydrogen-bond donors (Lipinski definition) is 0. The van der Waals surface area contributed by atoms with E-state index in [1.165, 1.54) is 4.57 Å². The zero-order valence-corrected chi connectivity index (χ0v) is 6.63. The van der Waals surface area contributed by atoms with Crippen molar-refractivity contribution in [2.45, 2.75) is 20.4 Å². The van der Waals surface area contributed by atoms with E-state index in [1.54, 1.807) is 6.92 Å². The molecule has 1 rings (SSSR count). The van der Waals surface area contributed by atoms with Crippen LogP contribution in [0.4, 0.5) is 0 Å². The number of rotatable bonds is 2. The van der Waals surface area contributed by atoms with Gasteiger partial charge in [-0.15, -0.1) is 0 Å². The lowest BCUT2D eigenvalue weighted by atomic mass is 10.3. The monoisotopic (exact) mass is 154 g/mol. The Morgan fingerprint density at radius 3 is 2.82 bits per heavy atom. The molecular formula is C7H10N2O2. The Labute approximate surface area is 64.1 Å². The summed E-state index contributed by atoms with van der Waals surface area (Å²) in [6.45, 7) is 7.73. The molecule has 1 aromatic heterocycles. The molecule has 0 aromatic carbocycles. The standard InChI is InChI=1S/C7H10N2O2/c1-5(2)4-9-6(3)8-11-7(9)10/h1,4H2,2-3H3. The van der Waals surface area contributed by atoms with Crippen LogP contribution in [-0.2, 0) is 6.54 Å². The first-order valence-corrected chi connectivity index (χ1v) is 3.28. The molecule has 0 bridgehead atoms. The summed E-state index contributed by atoms with van der Waals surface area (Å²) in [6.07, 6.45) is 0. The molecule has 11 heavy (non-hydrogen) atoms. The third kappa shape index (κ3) is 1.58. The van der Waals surface area contributed by atoms with E-state index >= 15 is 0 Å². The van der Waals surface area contributed by atoms with Crippen molar-refractivity contribution >= 4 is 0 Å². The van der Waals surface area contributed by atoms with Crippen LogP contribution >= 0.6 is 0 Å². The third-order valence-electron chi connectivity index (χ3n) is 1.29. The lowest BCUT2D eigenvalue weighted by Gasteiger charge is -1.97. The Balaban J connectivity index is 3.01. The van der Waals surface area contributed by atoms with Crippen molar-refractivity contribution in [3.63, 3.8) is 0 Å². The maximum absolute atomic E-state index is 10.9. The molecule has 0 atom stereocenters. The van der Waals surface area contributed by atoms with Gasteiger partial charge in [-0.2, -0.15) is 0 Å². The van der Waals surface area contributed by atoms with Crippen LogP contribution in [0.2, 0.25) is 0 Å². The zero-order chi connectivity index (χ0) is 8.43. The first kappa shape index (κ1) is 7.78. The van der Waals surface area contributed by atoms with Gasteiger partial charge in [0.05, 0.1) is 6.54 Å². The molecule has 0 unspecified atom stereocenters. The molecule has 1 aromatic rings. The summed E-state index contributed by atoms with van der Waals surface area (Å²) < 4.78 is 5.85. The van der Waals surface area contributed by atoms with Gasteiger partial charge in [-0.1, -0.05) is 17.3 Å². The molecule has 0 aliphatic rings. The highest BCUT2D eigenvalue weighted by Gasteiger charge is 2.04. The van der Waals surface area contributed by atoms with E-state index in [-0.39, 0.29) is 0 Å². The van der Waals surface area contributed by atoms with Crippen molar-refractivity contribution in [3.8, 4) is 0 Å². The maximum atomic E-state index is 10.9. The van der Waals surface area contributed by atoms with Gasteiger partial charge in [0, 0.05) is 0 Å². The van der Waals surface area contributed by atoms with E-state index in [2.05, 4.69) is 16.3 Å². The minimum atomic E-state index is -0.425. The molecule has 4 heteroatoms. The number of allylic oxidation sites excluding steroid dienone is 1. The van der Waals surface area contributed by atoms with Crippen LogP contribution in [-0.4, -0.2) is 9.72 Å². The molecule has 0 N–H and O–H groups in total. The normalized spacial score (nSPS) is 10.0. The van der Waals surface area contributed by atoms with Gasteiger partial charge in [0.2, 0.25) is 0 Å². The summed E-state index contributed by atoms with van der Waals surface area (Å²) in [4.78, 5) is 10.9. The summed E-state index contributed by atoms with van der Waals surface area (Å²) in [7, 11) is 0. The highest BCUT2D eigenvalue weighted by atomic mass is 16.5. The lowest BCUT2D eigenvalue weighted by molar-refractivity contribution is 0.375. The van der Waals surface area contributed by atoms with Gasteiger partial charge in [-0.25, -0.2) is 4.79 Å². The van der Waals surface area contributed by atoms with Crippen molar-refractivity contribution in [1.29, 1.82) is 0 Å². The summed E-state index contributed by atoms with van der Waals surface area (Å²) in [5, 5.41) is 3.50. The van der Waals surface area contributed by atoms with Gasteiger partial charge in [0.1, 0.15) is 0 Å². The average molecular weight is 154 g/mol. The fourth-order valence-electron chi connectivity index (χ4n) is 0.785. The number of nitrogens with zero attached hydrogens (tertiary/aromatic N) is 2. The molecule has 1 heterocycles. The molecule has 0 radical (unpaired) electrons. The topological polar surface area (TPSA) is 48.0 Å². The van der Waals surface area contributed by atoms with Crippen molar-refractivity contribution in [2.24, 2.45) is 0 Å². The second-order valence-electron chi connectivity index (χ2n) is 2.54. The van der Waals surface area contributed by atoms with Crippen LogP contribution < -0.4 is 5.76 Å². The van der Waals surface area contributed by atoms with Gasteiger partial charge >= 0.3 is 5.76 Å². The van der Waals surface area contributed by atoms with E-state index in [1.807, 2.05) is 6.92 Å². The number of aryl methyl sites for hydroxylation is 1. The molecular weight excluding hydrogens is 144 g/mol. The van der Waals surface area contributed by atoms with E-state index in [0.29, 0.717) is 12.4 Å². The fraction of sp³-hybridized carbons (Fsp3) is 0.429. The summed E-state index contributed by atoms with van der Waals surface area (Å²) in [5.41, 5.74) is 0.901. The highest BCUT2D eigenvalue weighted by molar-refractivity contribution is 4.92. The second-order valence-corrected chi connectivity index (χ2v) is 2.54. The minimum Gasteiger partial charge on any atom is -0.296 e. The Bertz CT molecular complexity index is 321. The zero-order valence-electron chi connectivity index (χ0n) is 6.63. The average Bonchev–Trinajstić information content (AvgIpc) is 2.18. The predicted octanol–water partition coefficient (Wildman–Crippen LogP) is 0.721. The van der Waals surface area contributed by atoms with Crippen molar-refractivity contribution < 1.29 is 4.52 Å². The molecule has 0 aliphatic heterocycles. The molecule has 0 saturated carbocycles. The first-order chi connectivity index (χ1) is 5.11. The van der Waals surface area contributed by atoms with Crippen LogP contribution in [0.25, 0.3) is 0 Å². The van der Waals surface area contributed by atoms with Crippen LogP contribution in [0.15, 0.2) is 21.5 Å². The number of aromatic nitrogens is 2. The third-order valence-corrected chi connectivity index (χ3v) is 1.29. The van der Waals surface area contributed by atoms with Crippen LogP contribution in [0, 0.1) is 6.92 Å². The van der Waals surface area contributed by atoms with Gasteiger partial charge < -0.3 is 0 Å². The summed E-state index contributed by atoms with van der Waals surface area (Å²) in [5.74, 6) is 0.156. The van der Waals surface area contributed by atoms with Crippen molar-refractivity contribution in [1.82, 2.24) is 9.72 Å². The van der Waals surface area contributed by atoms with Crippen molar-refractivity contribution in [3.05, 3.63) is 28.5 Å². The van der Waals surface area contributed by atoms with Crippen LogP contribution in [0.5, 0.6) is 0 Å². The molecule has 0 aliphatic carbocycles. The van der Waals surface area contributed by atoms with Crippen LogP contribution in [0.3, 0.4) is 0 Å². The van der Waals surface area contributed by atoms with Gasteiger partial charge in [-0.3, -0.25) is 9.09 Å². The molecule has 0 spiro atoms. The van der Waals surface area contributed by atoms with Gasteiger partial charge in [-0.05, 0) is 13.8 Å². The Morgan fingerprint density at radius 1 is 1.82 bits per heavy atom. The number of hydrogen-bond acceptors (Lipinski definition) is 3. The van der Waals surface area contributed by atoms with E-state index in [4.69, 9.17) is 0 Å². The first-order valence-electron chi connectivity index (χ1n) is 3.28. The smallest absolute Gasteiger partial charge is 0.296 e. The van der Waals surface area contributed by atoms with Crippen LogP contribution in [0.1, 0.15) is 12.7 Å². The van der Waals surface area contributed by atoms with E-state index in [0.717, 1.165) is 5.57 Å². The lowest BCUT2D eigenvalue weighted by Crippen LogP contribution is -2.15. The van der Waals surface area contributed by atoms with Gasteiger partial charge in [0.15, 0.2) is 5.82 Å². The molecule has 0 saturated heterocycles.